The zero-order chi connectivity index (χ0) is 23.5. The molecule has 1 heterocycles. The highest BCUT2D eigenvalue weighted by atomic mass is 32.2. The van der Waals surface area contributed by atoms with E-state index in [1.807, 2.05) is 0 Å². The zero-order valence-electron chi connectivity index (χ0n) is 17.9. The molecule has 0 spiro atoms. The van der Waals surface area contributed by atoms with E-state index in [0.717, 1.165) is 0 Å². The van der Waals surface area contributed by atoms with Crippen molar-refractivity contribution in [1.82, 2.24) is 10.0 Å². The summed E-state index contributed by atoms with van der Waals surface area (Å²) in [6.45, 7) is 5.03. The number of carbonyl (C=O) groups excluding carboxylic acids is 1. The average Bonchev–Trinajstić information content (AvgIpc) is 3.17. The highest BCUT2D eigenvalue weighted by Crippen LogP contribution is 2.22. The van der Waals surface area contributed by atoms with Gasteiger partial charge < -0.3 is 9.73 Å². The highest BCUT2D eigenvalue weighted by molar-refractivity contribution is 7.89. The fourth-order valence-electron chi connectivity index (χ4n) is 3.14. The quantitative estimate of drug-likeness (QED) is 0.547. The van der Waals surface area contributed by atoms with Crippen LogP contribution in [0.25, 0.3) is 0 Å². The van der Waals surface area contributed by atoms with Gasteiger partial charge in [0.05, 0.1) is 6.04 Å². The summed E-state index contributed by atoms with van der Waals surface area (Å²) in [6.07, 6.45) is 0.185. The minimum atomic E-state index is -3.96. The normalized spacial score (nSPS) is 13.0. The number of rotatable bonds is 7. The first kappa shape index (κ1) is 23.6. The predicted octanol–water partition coefficient (Wildman–Crippen LogP) is 4.35. The lowest BCUT2D eigenvalue weighted by atomic mass is 9.98. The third kappa shape index (κ3) is 6.24. The van der Waals surface area contributed by atoms with Crippen molar-refractivity contribution in [3.63, 3.8) is 0 Å². The van der Waals surface area contributed by atoms with Crippen LogP contribution in [0.3, 0.4) is 0 Å². The molecule has 32 heavy (non-hydrogen) atoms. The van der Waals surface area contributed by atoms with Crippen molar-refractivity contribution in [2.24, 2.45) is 0 Å². The minimum Gasteiger partial charge on any atom is -0.438 e. The number of carbonyl (C=O) groups is 1. The SMILES string of the molecule is CC(C)(C)NS(=O)(=O)c1ccc(C(=O)NC(Cc2cccc(F)c2)c2cccc(F)c2)o1. The van der Waals surface area contributed by atoms with Gasteiger partial charge in [-0.05, 0) is 74.7 Å². The third-order valence-corrected chi connectivity index (χ3v) is 6.03. The second kappa shape index (κ2) is 9.22. The molecule has 2 N–H and O–H groups in total. The summed E-state index contributed by atoms with van der Waals surface area (Å²) in [5, 5.41) is 2.32. The molecule has 2 aromatic carbocycles. The fraction of sp³-hybridized carbons (Fsp3) is 0.261. The molecule has 0 fully saturated rings. The number of sulfonamides is 1. The third-order valence-electron chi connectivity index (χ3n) is 4.40. The summed E-state index contributed by atoms with van der Waals surface area (Å²) in [4.78, 5) is 12.8. The van der Waals surface area contributed by atoms with Gasteiger partial charge in [-0.25, -0.2) is 21.9 Å². The number of hydrogen-bond donors (Lipinski definition) is 2. The second-order valence-electron chi connectivity index (χ2n) is 8.39. The molecule has 0 bridgehead atoms. The van der Waals surface area contributed by atoms with Crippen LogP contribution >= 0.6 is 0 Å². The first-order chi connectivity index (χ1) is 14.9. The molecule has 9 heteroatoms. The van der Waals surface area contributed by atoms with E-state index in [-0.39, 0.29) is 12.2 Å². The molecule has 3 rings (SSSR count). The Balaban J connectivity index is 1.85. The summed E-state index contributed by atoms with van der Waals surface area (Å²) in [5.41, 5.74) is 0.328. The van der Waals surface area contributed by atoms with Crippen molar-refractivity contribution in [3.8, 4) is 0 Å². The molecule has 0 aliphatic rings. The summed E-state index contributed by atoms with van der Waals surface area (Å²) < 4.78 is 60.0. The van der Waals surface area contributed by atoms with Gasteiger partial charge >= 0.3 is 0 Å². The second-order valence-corrected chi connectivity index (χ2v) is 10.0. The molecule has 1 amide bonds. The van der Waals surface area contributed by atoms with E-state index < -0.39 is 44.2 Å². The largest absolute Gasteiger partial charge is 0.438 e. The smallest absolute Gasteiger partial charge is 0.287 e. The van der Waals surface area contributed by atoms with Gasteiger partial charge in [-0.2, -0.15) is 0 Å². The van der Waals surface area contributed by atoms with Crippen LogP contribution in [0, 0.1) is 11.6 Å². The molecule has 6 nitrogen and oxygen atoms in total. The van der Waals surface area contributed by atoms with E-state index in [1.165, 1.54) is 42.5 Å². The van der Waals surface area contributed by atoms with Crippen molar-refractivity contribution < 1.29 is 26.4 Å². The van der Waals surface area contributed by atoms with E-state index in [9.17, 15) is 22.0 Å². The first-order valence-corrected chi connectivity index (χ1v) is 11.4. The monoisotopic (exact) mass is 462 g/mol. The van der Waals surface area contributed by atoms with Gasteiger partial charge in [0, 0.05) is 5.54 Å². The molecule has 1 unspecified atom stereocenters. The standard InChI is InChI=1S/C23H24F2N2O4S/c1-23(2,3)27-32(29,30)21-11-10-20(31-21)22(28)26-19(16-7-5-9-18(25)14-16)13-15-6-4-8-17(24)12-15/h4-12,14,19,27H,13H2,1-3H3,(H,26,28). The number of furan rings is 1. The molecule has 0 radical (unpaired) electrons. The molecule has 1 atom stereocenters. The first-order valence-electron chi connectivity index (χ1n) is 9.87. The topological polar surface area (TPSA) is 88.4 Å². The Labute approximate surface area is 185 Å². The van der Waals surface area contributed by atoms with E-state index in [4.69, 9.17) is 4.42 Å². The van der Waals surface area contributed by atoms with Gasteiger partial charge in [-0.1, -0.05) is 24.3 Å². The summed E-state index contributed by atoms with van der Waals surface area (Å²) in [6, 6.07) is 13.3. The van der Waals surface area contributed by atoms with Gasteiger partial charge in [-0.3, -0.25) is 4.79 Å². The molecular weight excluding hydrogens is 438 g/mol. The number of nitrogens with one attached hydrogen (secondary N) is 2. The van der Waals surface area contributed by atoms with Gasteiger partial charge in [0.15, 0.2) is 5.76 Å². The summed E-state index contributed by atoms with van der Waals surface area (Å²) in [7, 11) is -3.96. The zero-order valence-corrected chi connectivity index (χ0v) is 18.7. The van der Waals surface area contributed by atoms with Crippen LogP contribution in [-0.2, 0) is 16.4 Å². The Morgan fingerprint density at radius 2 is 1.66 bits per heavy atom. The minimum absolute atomic E-state index is 0.185. The van der Waals surface area contributed by atoms with Crippen LogP contribution in [0.15, 0.2) is 70.2 Å². The number of hydrogen-bond acceptors (Lipinski definition) is 4. The number of benzene rings is 2. The van der Waals surface area contributed by atoms with Gasteiger partial charge in [-0.15, -0.1) is 0 Å². The Kier molecular flexibility index (Phi) is 6.80. The maximum Gasteiger partial charge on any atom is 0.287 e. The Morgan fingerprint density at radius 3 is 2.28 bits per heavy atom. The number of amides is 1. The maximum atomic E-state index is 13.8. The predicted molar refractivity (Wildman–Crippen MR) is 115 cm³/mol. The highest BCUT2D eigenvalue weighted by Gasteiger charge is 2.27. The van der Waals surface area contributed by atoms with Crippen LogP contribution < -0.4 is 10.0 Å². The summed E-state index contributed by atoms with van der Waals surface area (Å²) in [5.74, 6) is -1.83. The van der Waals surface area contributed by atoms with Crippen LogP contribution in [-0.4, -0.2) is 19.9 Å². The van der Waals surface area contributed by atoms with Crippen LogP contribution in [0.4, 0.5) is 8.78 Å². The van der Waals surface area contributed by atoms with E-state index in [1.54, 1.807) is 39.0 Å². The van der Waals surface area contributed by atoms with Crippen molar-refractivity contribution >= 4 is 15.9 Å². The summed E-state index contributed by atoms with van der Waals surface area (Å²) >= 11 is 0. The van der Waals surface area contributed by atoms with Crippen LogP contribution in [0.2, 0.25) is 0 Å². The van der Waals surface area contributed by atoms with Crippen LogP contribution in [0.5, 0.6) is 0 Å². The molecule has 0 saturated carbocycles. The lowest BCUT2D eigenvalue weighted by molar-refractivity contribution is 0.0903. The molecule has 170 valence electrons. The Hall–Kier alpha value is -3.04. The maximum absolute atomic E-state index is 13.8. The van der Waals surface area contributed by atoms with Gasteiger partial charge in [0.25, 0.3) is 15.9 Å². The van der Waals surface area contributed by atoms with Crippen LogP contribution in [0.1, 0.15) is 48.5 Å². The molecular formula is C23H24F2N2O4S. The Bertz CT molecular complexity index is 1220. The van der Waals surface area contributed by atoms with Crippen molar-refractivity contribution in [1.29, 1.82) is 0 Å². The van der Waals surface area contributed by atoms with Gasteiger partial charge in [0.2, 0.25) is 5.09 Å². The lowest BCUT2D eigenvalue weighted by Gasteiger charge is -2.19. The molecule has 3 aromatic rings. The molecule has 0 aliphatic carbocycles. The number of halogens is 2. The molecule has 0 aliphatic heterocycles. The lowest BCUT2D eigenvalue weighted by Crippen LogP contribution is -2.40. The van der Waals surface area contributed by atoms with Crippen molar-refractivity contribution in [2.75, 3.05) is 0 Å². The van der Waals surface area contributed by atoms with E-state index >= 15 is 0 Å². The molecule has 1 aromatic heterocycles. The average molecular weight is 463 g/mol. The van der Waals surface area contributed by atoms with Crippen molar-refractivity contribution in [3.05, 3.63) is 89.2 Å². The Morgan fingerprint density at radius 1 is 1.00 bits per heavy atom. The van der Waals surface area contributed by atoms with Crippen molar-refractivity contribution in [2.45, 2.75) is 43.9 Å². The molecule has 0 saturated heterocycles. The van der Waals surface area contributed by atoms with E-state index in [0.29, 0.717) is 11.1 Å². The van der Waals surface area contributed by atoms with E-state index in [2.05, 4.69) is 10.0 Å². The van der Waals surface area contributed by atoms with Gasteiger partial charge in [0.1, 0.15) is 11.6 Å². The fourth-order valence-corrected chi connectivity index (χ4v) is 4.50.